The molecule has 0 atom stereocenters. The average molecular weight is 508 g/mol. The van der Waals surface area contributed by atoms with Crippen molar-refractivity contribution >= 4 is 35.6 Å². The number of hydrogen-bond donors (Lipinski definition) is 2. The smallest absolute Gasteiger partial charge is 0.357 e. The van der Waals surface area contributed by atoms with Crippen molar-refractivity contribution in [2.45, 2.75) is 26.2 Å². The van der Waals surface area contributed by atoms with Crippen molar-refractivity contribution in [1.82, 2.24) is 10.6 Å². The highest BCUT2D eigenvalue weighted by molar-refractivity contribution is 14.0. The molecule has 0 saturated carbocycles. The number of hydrogen-bond acceptors (Lipinski definition) is 3. The lowest BCUT2D eigenvalue weighted by atomic mass is 10.1. The molecule has 0 fully saturated rings. The van der Waals surface area contributed by atoms with E-state index >= 15 is 0 Å². The molecule has 28 heavy (non-hydrogen) atoms. The third-order valence-electron chi connectivity index (χ3n) is 3.63. The molecule has 0 bridgehead atoms. The van der Waals surface area contributed by atoms with Gasteiger partial charge in [0.2, 0.25) is 0 Å². The van der Waals surface area contributed by atoms with Gasteiger partial charge in [-0.1, -0.05) is 24.3 Å². The van der Waals surface area contributed by atoms with Crippen molar-refractivity contribution in [3.63, 3.8) is 0 Å². The van der Waals surface area contributed by atoms with Crippen molar-refractivity contribution in [1.29, 1.82) is 0 Å². The van der Waals surface area contributed by atoms with Crippen LogP contribution < -0.4 is 10.6 Å². The maximum Gasteiger partial charge on any atom is 0.416 e. The van der Waals surface area contributed by atoms with Crippen molar-refractivity contribution in [2.24, 2.45) is 4.99 Å². The number of rotatable bonds is 6. The van der Waals surface area contributed by atoms with E-state index < -0.39 is 16.7 Å². The lowest BCUT2D eigenvalue weighted by Gasteiger charge is -2.12. The van der Waals surface area contributed by atoms with E-state index in [1.807, 2.05) is 6.92 Å². The predicted octanol–water partition coefficient (Wildman–Crippen LogP) is 4.49. The number of nitro groups is 1. The Morgan fingerprint density at radius 2 is 1.79 bits per heavy atom. The van der Waals surface area contributed by atoms with E-state index in [2.05, 4.69) is 15.6 Å². The first-order valence-electron chi connectivity index (χ1n) is 8.21. The van der Waals surface area contributed by atoms with Gasteiger partial charge in [0.15, 0.2) is 5.96 Å². The Bertz CT molecular complexity index is 811. The minimum absolute atomic E-state index is 0. The highest BCUT2D eigenvalue weighted by Gasteiger charge is 2.30. The van der Waals surface area contributed by atoms with Crippen LogP contribution in [0.1, 0.15) is 23.6 Å². The molecule has 6 nitrogen and oxygen atoms in total. The van der Waals surface area contributed by atoms with E-state index in [-0.39, 0.29) is 36.2 Å². The van der Waals surface area contributed by atoms with Gasteiger partial charge in [0.05, 0.1) is 17.0 Å². The zero-order valence-corrected chi connectivity index (χ0v) is 17.3. The summed E-state index contributed by atoms with van der Waals surface area (Å²) < 4.78 is 38.3. The van der Waals surface area contributed by atoms with Gasteiger partial charge in [-0.05, 0) is 30.2 Å². The number of nitrogens with one attached hydrogen (secondary N) is 2. The molecule has 0 radical (unpaired) electrons. The molecule has 2 aromatic carbocycles. The number of aliphatic imine (C=N–C) groups is 1. The minimum Gasteiger partial charge on any atom is -0.357 e. The van der Waals surface area contributed by atoms with Gasteiger partial charge in [-0.2, -0.15) is 13.2 Å². The van der Waals surface area contributed by atoms with Gasteiger partial charge in [0.25, 0.3) is 5.69 Å². The summed E-state index contributed by atoms with van der Waals surface area (Å²) in [5.41, 5.74) is 0.547. The molecule has 0 heterocycles. The van der Waals surface area contributed by atoms with Crippen LogP contribution in [0.2, 0.25) is 0 Å². The lowest BCUT2D eigenvalue weighted by Crippen LogP contribution is -2.36. The van der Waals surface area contributed by atoms with Crippen LogP contribution in [0.3, 0.4) is 0 Å². The van der Waals surface area contributed by atoms with Crippen LogP contribution in [0.15, 0.2) is 53.5 Å². The molecule has 0 aliphatic rings. The second-order valence-corrected chi connectivity index (χ2v) is 5.67. The average Bonchev–Trinajstić information content (AvgIpc) is 2.64. The van der Waals surface area contributed by atoms with Crippen LogP contribution >= 0.6 is 24.0 Å². The molecule has 0 aliphatic heterocycles. The highest BCUT2D eigenvalue weighted by atomic mass is 127. The maximum atomic E-state index is 12.8. The first-order chi connectivity index (χ1) is 12.8. The summed E-state index contributed by atoms with van der Waals surface area (Å²) in [6.45, 7) is 2.90. The molecule has 0 aliphatic carbocycles. The molecule has 2 aromatic rings. The summed E-state index contributed by atoms with van der Waals surface area (Å²) in [5.74, 6) is 0.438. The first kappa shape index (κ1) is 23.7. The largest absolute Gasteiger partial charge is 0.416 e. The Morgan fingerprint density at radius 3 is 2.36 bits per heavy atom. The minimum atomic E-state index is -4.39. The number of non-ortho nitro benzene ring substituents is 1. The number of guanidine groups is 1. The Kier molecular flexibility index (Phi) is 9.16. The summed E-state index contributed by atoms with van der Waals surface area (Å²) >= 11 is 0. The quantitative estimate of drug-likeness (QED) is 0.198. The Labute approximate surface area is 177 Å². The molecule has 0 unspecified atom stereocenters. The second-order valence-electron chi connectivity index (χ2n) is 5.67. The van der Waals surface area contributed by atoms with Crippen molar-refractivity contribution in [3.8, 4) is 0 Å². The normalized spacial score (nSPS) is 11.5. The Morgan fingerprint density at radius 1 is 1.11 bits per heavy atom. The summed E-state index contributed by atoms with van der Waals surface area (Å²) in [5, 5.41) is 16.7. The predicted molar refractivity (Wildman–Crippen MR) is 112 cm³/mol. The van der Waals surface area contributed by atoms with Crippen molar-refractivity contribution in [2.75, 3.05) is 6.54 Å². The Balaban J connectivity index is 0.00000392. The van der Waals surface area contributed by atoms with Gasteiger partial charge in [-0.25, -0.2) is 4.99 Å². The number of benzene rings is 2. The zero-order valence-electron chi connectivity index (χ0n) is 15.0. The maximum absolute atomic E-state index is 12.8. The molecule has 152 valence electrons. The number of halogens is 4. The van der Waals surface area contributed by atoms with Crippen molar-refractivity contribution in [3.05, 3.63) is 75.3 Å². The lowest BCUT2D eigenvalue weighted by molar-refractivity contribution is -0.384. The molecular weight excluding hydrogens is 488 g/mol. The van der Waals surface area contributed by atoms with Gasteiger partial charge in [-0.3, -0.25) is 10.1 Å². The van der Waals surface area contributed by atoms with Gasteiger partial charge < -0.3 is 10.6 Å². The van der Waals surface area contributed by atoms with E-state index in [1.165, 1.54) is 18.2 Å². The topological polar surface area (TPSA) is 79.6 Å². The monoisotopic (exact) mass is 508 g/mol. The van der Waals surface area contributed by atoms with Crippen LogP contribution in [0.25, 0.3) is 0 Å². The van der Waals surface area contributed by atoms with E-state index in [0.717, 1.165) is 17.7 Å². The summed E-state index contributed by atoms with van der Waals surface area (Å²) in [6, 6.07) is 11.1. The molecule has 2 N–H and O–H groups in total. The Hall–Kier alpha value is -2.37. The molecule has 0 spiro atoms. The molecular formula is C18H20F3IN4O2. The van der Waals surface area contributed by atoms with Crippen LogP contribution in [0.5, 0.6) is 0 Å². The van der Waals surface area contributed by atoms with E-state index in [4.69, 9.17) is 0 Å². The standard InChI is InChI=1S/C18H19F3N4O2.HI/c1-2-22-17(23-11-13-6-8-16(9-7-13)25(26)27)24-12-14-4-3-5-15(10-14)18(19,20)21;/h3-10H,2,11-12H2,1H3,(H2,22,23,24);1H. The second kappa shape index (κ2) is 10.8. The van der Waals surface area contributed by atoms with Crippen LogP contribution in [-0.4, -0.2) is 17.4 Å². The van der Waals surface area contributed by atoms with E-state index in [9.17, 15) is 23.3 Å². The summed E-state index contributed by atoms with van der Waals surface area (Å²) in [6.07, 6.45) is -4.39. The first-order valence-corrected chi connectivity index (χ1v) is 8.21. The highest BCUT2D eigenvalue weighted by Crippen LogP contribution is 2.29. The fraction of sp³-hybridized carbons (Fsp3) is 0.278. The van der Waals surface area contributed by atoms with Gasteiger partial charge in [0.1, 0.15) is 0 Å². The number of nitro benzene ring substituents is 1. The molecule has 2 rings (SSSR count). The van der Waals surface area contributed by atoms with Gasteiger partial charge >= 0.3 is 6.18 Å². The van der Waals surface area contributed by atoms with E-state index in [0.29, 0.717) is 24.6 Å². The van der Waals surface area contributed by atoms with Crippen LogP contribution in [-0.2, 0) is 19.3 Å². The molecule has 0 saturated heterocycles. The third kappa shape index (κ3) is 7.33. The number of alkyl halides is 3. The zero-order chi connectivity index (χ0) is 19.9. The van der Waals surface area contributed by atoms with Crippen LogP contribution in [0.4, 0.5) is 18.9 Å². The SMILES string of the molecule is CCNC(=NCc1cccc(C(F)(F)F)c1)NCc1ccc([N+](=O)[O-])cc1.I. The van der Waals surface area contributed by atoms with Crippen molar-refractivity contribution < 1.29 is 18.1 Å². The molecule has 0 aromatic heterocycles. The fourth-order valence-corrected chi connectivity index (χ4v) is 2.28. The fourth-order valence-electron chi connectivity index (χ4n) is 2.28. The number of nitrogens with zero attached hydrogens (tertiary/aromatic N) is 2. The van der Waals surface area contributed by atoms with Gasteiger partial charge in [0, 0.05) is 25.2 Å². The van der Waals surface area contributed by atoms with Gasteiger partial charge in [-0.15, -0.1) is 24.0 Å². The van der Waals surface area contributed by atoms with E-state index in [1.54, 1.807) is 18.2 Å². The van der Waals surface area contributed by atoms with Crippen LogP contribution in [0, 0.1) is 10.1 Å². The summed E-state index contributed by atoms with van der Waals surface area (Å²) in [4.78, 5) is 14.5. The third-order valence-corrected chi connectivity index (χ3v) is 3.63. The summed E-state index contributed by atoms with van der Waals surface area (Å²) in [7, 11) is 0. The molecule has 10 heteroatoms. The molecule has 0 amide bonds.